The molecular weight excluding hydrogens is 275 g/mol. The molecule has 0 radical (unpaired) electrons. The Morgan fingerprint density at radius 2 is 1.90 bits per heavy atom. The van der Waals surface area contributed by atoms with Crippen molar-refractivity contribution in [3.05, 3.63) is 35.3 Å². The zero-order valence-electron chi connectivity index (χ0n) is 11.2. The van der Waals surface area contributed by atoms with Crippen molar-refractivity contribution in [2.24, 2.45) is 0 Å². The van der Waals surface area contributed by atoms with Gasteiger partial charge in [-0.25, -0.2) is 4.39 Å². The van der Waals surface area contributed by atoms with Crippen LogP contribution in [0.25, 0.3) is 0 Å². The minimum absolute atomic E-state index is 0.144. The van der Waals surface area contributed by atoms with Crippen molar-refractivity contribution >= 4 is 5.69 Å². The number of halogens is 1. The van der Waals surface area contributed by atoms with Crippen molar-refractivity contribution in [3.8, 4) is 24.0 Å². The molecule has 0 saturated carbocycles. The Morgan fingerprint density at radius 1 is 1.19 bits per heavy atom. The Kier molecular flexibility index (Phi) is 6.21. The Morgan fingerprint density at radius 3 is 2.48 bits per heavy atom. The average molecular weight is 286 g/mol. The largest absolute Gasteiger partial charge is 0.489 e. The number of hydrogen-bond acceptors (Lipinski definition) is 6. The van der Waals surface area contributed by atoms with Gasteiger partial charge >= 0.3 is 0 Å². The van der Waals surface area contributed by atoms with Crippen LogP contribution in [0.3, 0.4) is 0 Å². The molecule has 0 amide bonds. The molecule has 0 aromatic heterocycles. The van der Waals surface area contributed by atoms with Crippen LogP contribution in [0, 0.1) is 39.8 Å². The molecule has 7 heteroatoms. The second-order valence-electron chi connectivity index (χ2n) is 3.69. The van der Waals surface area contributed by atoms with Crippen LogP contribution in [0.2, 0.25) is 0 Å². The highest BCUT2D eigenvalue weighted by molar-refractivity contribution is 5.64. The van der Waals surface area contributed by atoms with Crippen LogP contribution in [0.4, 0.5) is 10.1 Å². The molecule has 1 rings (SSSR count). The number of anilines is 1. The van der Waals surface area contributed by atoms with E-state index in [1.54, 1.807) is 18.2 Å². The number of ether oxygens (including phenoxy) is 2. The molecule has 0 heterocycles. The second-order valence-corrected chi connectivity index (χ2v) is 3.69. The molecular formula is C14H11FN4O2. The molecule has 0 aliphatic heterocycles. The first kappa shape index (κ1) is 16.0. The molecule has 1 N–H and O–H groups in total. The van der Waals surface area contributed by atoms with Gasteiger partial charge in [-0.15, -0.1) is 0 Å². The molecule has 0 aliphatic rings. The van der Waals surface area contributed by atoms with E-state index in [-0.39, 0.29) is 23.7 Å². The van der Waals surface area contributed by atoms with E-state index in [0.717, 1.165) is 6.07 Å². The van der Waals surface area contributed by atoms with E-state index in [9.17, 15) is 4.39 Å². The molecule has 0 spiro atoms. The topological polar surface area (TPSA) is 102 Å². The minimum atomic E-state index is -0.552. The highest BCUT2D eigenvalue weighted by Crippen LogP contribution is 2.27. The molecule has 6 nitrogen and oxygen atoms in total. The van der Waals surface area contributed by atoms with Crippen LogP contribution in [0.15, 0.2) is 29.5 Å². The Labute approximate surface area is 121 Å². The van der Waals surface area contributed by atoms with Gasteiger partial charge in [0.2, 0.25) is 0 Å². The molecule has 0 fully saturated rings. The highest BCUT2D eigenvalue weighted by Gasteiger charge is 2.11. The predicted octanol–water partition coefficient (Wildman–Crippen LogP) is 2.09. The summed E-state index contributed by atoms with van der Waals surface area (Å²) in [5, 5.41) is 29.0. The van der Waals surface area contributed by atoms with E-state index < -0.39 is 11.4 Å². The van der Waals surface area contributed by atoms with E-state index >= 15 is 0 Å². The summed E-state index contributed by atoms with van der Waals surface area (Å²) in [6, 6.07) is 8.54. The number of rotatable bonds is 6. The first-order valence-corrected chi connectivity index (χ1v) is 5.79. The molecule has 0 saturated heterocycles. The lowest BCUT2D eigenvalue weighted by Crippen LogP contribution is -2.08. The van der Waals surface area contributed by atoms with Crippen LogP contribution >= 0.6 is 0 Å². The maximum atomic E-state index is 13.3. The van der Waals surface area contributed by atoms with Gasteiger partial charge in [0.15, 0.2) is 5.57 Å². The number of hydrogen-bond donors (Lipinski definition) is 1. The van der Waals surface area contributed by atoms with Gasteiger partial charge in [0.1, 0.15) is 42.1 Å². The van der Waals surface area contributed by atoms with Crippen molar-refractivity contribution < 1.29 is 13.9 Å². The molecule has 106 valence electrons. The van der Waals surface area contributed by atoms with E-state index in [1.807, 2.05) is 0 Å². The van der Waals surface area contributed by atoms with Gasteiger partial charge in [-0.05, 0) is 12.1 Å². The number of nitrogens with zero attached hydrogens (tertiary/aromatic N) is 3. The fourth-order valence-electron chi connectivity index (χ4n) is 1.38. The van der Waals surface area contributed by atoms with Crippen molar-refractivity contribution in [3.63, 3.8) is 0 Å². The number of nitrogens with one attached hydrogen (secondary N) is 1. The summed E-state index contributed by atoms with van der Waals surface area (Å²) in [5.74, 6) is -0.277. The van der Waals surface area contributed by atoms with E-state index in [0.29, 0.717) is 6.61 Å². The molecule has 0 aliphatic carbocycles. The maximum Gasteiger partial charge on any atom is 0.163 e. The quantitative estimate of drug-likeness (QED) is 0.634. The third-order valence-electron chi connectivity index (χ3n) is 2.33. The Hall–Kier alpha value is -3.08. The zero-order valence-corrected chi connectivity index (χ0v) is 11.2. The van der Waals surface area contributed by atoms with Gasteiger partial charge < -0.3 is 14.8 Å². The summed E-state index contributed by atoms with van der Waals surface area (Å²) in [6.07, 6.45) is 0. The molecule has 1 aromatic rings. The number of methoxy groups -OCH3 is 1. The summed E-state index contributed by atoms with van der Waals surface area (Å²) in [6.45, 7) is 0.561. The van der Waals surface area contributed by atoms with E-state index in [1.165, 1.54) is 19.2 Å². The van der Waals surface area contributed by atoms with Crippen molar-refractivity contribution in [2.45, 2.75) is 0 Å². The average Bonchev–Trinajstić information content (AvgIpc) is 2.49. The van der Waals surface area contributed by atoms with Crippen molar-refractivity contribution in [1.29, 1.82) is 15.8 Å². The molecule has 21 heavy (non-hydrogen) atoms. The van der Waals surface area contributed by atoms with Gasteiger partial charge in [-0.2, -0.15) is 15.8 Å². The standard InChI is InChI=1S/C14H11FN4O2/c1-20-4-5-21-14-3-2-11(15)6-12(14)19-13(9-18)10(7-16)8-17/h2-3,6,19H,4-5H2,1H3. The van der Waals surface area contributed by atoms with E-state index in [4.69, 9.17) is 25.3 Å². The van der Waals surface area contributed by atoms with Crippen molar-refractivity contribution in [2.75, 3.05) is 25.6 Å². The molecule has 0 bridgehead atoms. The SMILES string of the molecule is COCCOc1ccc(F)cc1NC(C#N)=C(C#N)C#N. The summed E-state index contributed by atoms with van der Waals surface area (Å²) in [7, 11) is 1.51. The predicted molar refractivity (Wildman–Crippen MR) is 71.3 cm³/mol. The van der Waals surface area contributed by atoms with Gasteiger partial charge in [0.05, 0.1) is 12.3 Å². The van der Waals surface area contributed by atoms with Crippen LogP contribution in [-0.4, -0.2) is 20.3 Å². The fraction of sp³-hybridized carbons (Fsp3) is 0.214. The smallest absolute Gasteiger partial charge is 0.163 e. The van der Waals surface area contributed by atoms with E-state index in [2.05, 4.69) is 5.32 Å². The lowest BCUT2D eigenvalue weighted by atomic mass is 10.2. The van der Waals surface area contributed by atoms with Gasteiger partial charge in [0.25, 0.3) is 0 Å². The van der Waals surface area contributed by atoms with Crippen LogP contribution in [-0.2, 0) is 4.74 Å². The van der Waals surface area contributed by atoms with Gasteiger partial charge in [0, 0.05) is 13.2 Å². The monoisotopic (exact) mass is 286 g/mol. The summed E-state index contributed by atoms with van der Waals surface area (Å²) >= 11 is 0. The normalized spacial score (nSPS) is 8.90. The third kappa shape index (κ3) is 4.50. The van der Waals surface area contributed by atoms with Crippen LogP contribution in [0.5, 0.6) is 5.75 Å². The molecule has 0 atom stereocenters. The molecule has 0 unspecified atom stereocenters. The first-order valence-electron chi connectivity index (χ1n) is 5.79. The third-order valence-corrected chi connectivity index (χ3v) is 2.33. The number of nitriles is 3. The summed E-state index contributed by atoms with van der Waals surface area (Å²) < 4.78 is 23.5. The zero-order chi connectivity index (χ0) is 15.7. The Balaban J connectivity index is 3.10. The van der Waals surface area contributed by atoms with Crippen LogP contribution < -0.4 is 10.1 Å². The lowest BCUT2D eigenvalue weighted by Gasteiger charge is -2.12. The van der Waals surface area contributed by atoms with Crippen molar-refractivity contribution in [1.82, 2.24) is 0 Å². The second kappa shape index (κ2) is 8.16. The molecule has 1 aromatic carbocycles. The highest BCUT2D eigenvalue weighted by atomic mass is 19.1. The fourth-order valence-corrected chi connectivity index (χ4v) is 1.38. The summed E-state index contributed by atoms with van der Waals surface area (Å²) in [5.41, 5.74) is -0.530. The number of allylic oxidation sites excluding steroid dienone is 2. The number of benzene rings is 1. The summed E-state index contributed by atoms with van der Waals surface area (Å²) in [4.78, 5) is 0. The minimum Gasteiger partial charge on any atom is -0.489 e. The van der Waals surface area contributed by atoms with Gasteiger partial charge in [-0.3, -0.25) is 0 Å². The maximum absolute atomic E-state index is 13.3. The van der Waals surface area contributed by atoms with Crippen LogP contribution in [0.1, 0.15) is 0 Å². The lowest BCUT2D eigenvalue weighted by molar-refractivity contribution is 0.146. The van der Waals surface area contributed by atoms with Gasteiger partial charge in [-0.1, -0.05) is 0 Å². The first-order chi connectivity index (χ1) is 10.2. The Bertz CT molecular complexity index is 649.